The van der Waals surface area contributed by atoms with Crippen LogP contribution in [0.4, 0.5) is 0 Å². The van der Waals surface area contributed by atoms with E-state index in [1.54, 1.807) is 11.3 Å². The highest BCUT2D eigenvalue weighted by atomic mass is 32.1. The summed E-state index contributed by atoms with van der Waals surface area (Å²) < 4.78 is 2.50. The van der Waals surface area contributed by atoms with Crippen LogP contribution in [0, 0.1) is 11.7 Å². The number of aromatic amines is 1. The number of aryl methyl sites for hydroxylation is 1. The summed E-state index contributed by atoms with van der Waals surface area (Å²) in [6.07, 6.45) is 1.82. The first kappa shape index (κ1) is 11.3. The molecule has 0 saturated heterocycles. The van der Waals surface area contributed by atoms with Gasteiger partial charge in [0.2, 0.25) is 0 Å². The minimum Gasteiger partial charge on any atom is -0.267 e. The summed E-state index contributed by atoms with van der Waals surface area (Å²) in [4.78, 5) is 5.26. The van der Waals surface area contributed by atoms with Gasteiger partial charge in [-0.25, -0.2) is 4.98 Å². The van der Waals surface area contributed by atoms with Crippen molar-refractivity contribution in [2.75, 3.05) is 0 Å². The van der Waals surface area contributed by atoms with E-state index in [2.05, 4.69) is 15.2 Å². The fraction of sp³-hybridized carbons (Fsp3) is 0.0833. The molecular formula is C12H10N4S2. The summed E-state index contributed by atoms with van der Waals surface area (Å²) in [6, 6.07) is 9.94. The molecule has 1 N–H and O–H groups in total. The van der Waals surface area contributed by atoms with Gasteiger partial charge in [0.1, 0.15) is 0 Å². The van der Waals surface area contributed by atoms with Crippen LogP contribution in [0.15, 0.2) is 36.5 Å². The molecule has 4 nitrogen and oxygen atoms in total. The molecule has 0 spiro atoms. The molecule has 0 atom stereocenters. The summed E-state index contributed by atoms with van der Waals surface area (Å²) in [5.41, 5.74) is 0.998. The molecule has 0 bridgehead atoms. The van der Waals surface area contributed by atoms with Crippen LogP contribution in [0.25, 0.3) is 16.4 Å². The number of hydrogen-bond donors (Lipinski definition) is 1. The zero-order chi connectivity index (χ0) is 12.5. The van der Waals surface area contributed by atoms with Crippen molar-refractivity contribution >= 4 is 23.6 Å². The van der Waals surface area contributed by atoms with Gasteiger partial charge in [0.05, 0.1) is 9.88 Å². The number of nitrogens with zero attached hydrogens (tertiary/aromatic N) is 3. The molecule has 0 aliphatic heterocycles. The van der Waals surface area contributed by atoms with Crippen LogP contribution < -0.4 is 0 Å². The first-order valence-electron chi connectivity index (χ1n) is 5.41. The van der Waals surface area contributed by atoms with Gasteiger partial charge in [-0.3, -0.25) is 9.67 Å². The second kappa shape index (κ2) is 4.47. The Kier molecular flexibility index (Phi) is 2.81. The van der Waals surface area contributed by atoms with E-state index in [1.807, 2.05) is 48.0 Å². The molecule has 3 rings (SSSR count). The number of H-pyrrole nitrogens is 1. The number of thiazole rings is 1. The molecule has 3 aromatic rings. The van der Waals surface area contributed by atoms with E-state index < -0.39 is 0 Å². The van der Waals surface area contributed by atoms with Crippen molar-refractivity contribution in [1.29, 1.82) is 0 Å². The molecule has 0 aliphatic carbocycles. The Hall–Kier alpha value is -1.79. The van der Waals surface area contributed by atoms with Crippen molar-refractivity contribution in [2.24, 2.45) is 0 Å². The van der Waals surface area contributed by atoms with Crippen molar-refractivity contribution in [3.8, 4) is 16.4 Å². The maximum Gasteiger partial charge on any atom is 0.200 e. The highest BCUT2D eigenvalue weighted by molar-refractivity contribution is 7.71. The second-order valence-electron chi connectivity index (χ2n) is 3.77. The van der Waals surface area contributed by atoms with Crippen molar-refractivity contribution < 1.29 is 0 Å². The van der Waals surface area contributed by atoms with Crippen LogP contribution in [0.2, 0.25) is 0 Å². The van der Waals surface area contributed by atoms with Crippen LogP contribution in [0.5, 0.6) is 0 Å². The van der Waals surface area contributed by atoms with Gasteiger partial charge in [0.25, 0.3) is 0 Å². The zero-order valence-electron chi connectivity index (χ0n) is 9.62. The van der Waals surface area contributed by atoms with Gasteiger partial charge < -0.3 is 0 Å². The monoisotopic (exact) mass is 274 g/mol. The van der Waals surface area contributed by atoms with Crippen LogP contribution in [0.1, 0.15) is 5.01 Å². The molecule has 6 heteroatoms. The summed E-state index contributed by atoms with van der Waals surface area (Å²) in [5.74, 6) is 0.803. The Balaban J connectivity index is 2.22. The highest BCUT2D eigenvalue weighted by Gasteiger charge is 2.12. The molecule has 0 unspecified atom stereocenters. The Labute approximate surface area is 113 Å². The fourth-order valence-electron chi connectivity index (χ4n) is 1.74. The van der Waals surface area contributed by atoms with Gasteiger partial charge in [-0.15, -0.1) is 11.3 Å². The van der Waals surface area contributed by atoms with E-state index in [0.29, 0.717) is 4.77 Å². The molecular weight excluding hydrogens is 264 g/mol. The van der Waals surface area contributed by atoms with E-state index in [-0.39, 0.29) is 0 Å². The Morgan fingerprint density at radius 2 is 2.06 bits per heavy atom. The lowest BCUT2D eigenvalue weighted by atomic mass is 10.3. The van der Waals surface area contributed by atoms with Gasteiger partial charge in [-0.2, -0.15) is 5.10 Å². The summed E-state index contributed by atoms with van der Waals surface area (Å²) in [5, 5.41) is 8.14. The van der Waals surface area contributed by atoms with Crippen molar-refractivity contribution in [3.05, 3.63) is 46.3 Å². The first-order chi connectivity index (χ1) is 8.75. The molecule has 0 fully saturated rings. The topological polar surface area (TPSA) is 46.5 Å². The average Bonchev–Trinajstić information content (AvgIpc) is 2.96. The molecule has 0 amide bonds. The smallest absolute Gasteiger partial charge is 0.200 e. The molecule has 2 aromatic heterocycles. The van der Waals surface area contributed by atoms with E-state index in [0.717, 1.165) is 21.4 Å². The third kappa shape index (κ3) is 1.89. The van der Waals surface area contributed by atoms with E-state index in [9.17, 15) is 0 Å². The number of benzene rings is 1. The van der Waals surface area contributed by atoms with Gasteiger partial charge in [0, 0.05) is 11.9 Å². The first-order valence-corrected chi connectivity index (χ1v) is 6.64. The zero-order valence-corrected chi connectivity index (χ0v) is 11.3. The van der Waals surface area contributed by atoms with Crippen molar-refractivity contribution in [1.82, 2.24) is 19.7 Å². The molecule has 0 aliphatic rings. The number of rotatable bonds is 2. The Morgan fingerprint density at radius 1 is 1.28 bits per heavy atom. The minimum absolute atomic E-state index is 0.585. The Bertz CT molecular complexity index is 724. The van der Waals surface area contributed by atoms with Crippen molar-refractivity contribution in [2.45, 2.75) is 6.92 Å². The van der Waals surface area contributed by atoms with Crippen LogP contribution in [0.3, 0.4) is 0 Å². The molecule has 2 heterocycles. The van der Waals surface area contributed by atoms with E-state index >= 15 is 0 Å². The van der Waals surface area contributed by atoms with E-state index in [1.165, 1.54) is 0 Å². The lowest BCUT2D eigenvalue weighted by Gasteiger charge is -2.04. The van der Waals surface area contributed by atoms with Gasteiger partial charge >= 0.3 is 0 Å². The molecule has 0 radical (unpaired) electrons. The molecule has 0 saturated carbocycles. The van der Waals surface area contributed by atoms with Crippen LogP contribution in [-0.2, 0) is 0 Å². The predicted molar refractivity (Wildman–Crippen MR) is 74.6 cm³/mol. The lowest BCUT2D eigenvalue weighted by Crippen LogP contribution is -1.96. The minimum atomic E-state index is 0.585. The lowest BCUT2D eigenvalue weighted by molar-refractivity contribution is 1.04. The largest absolute Gasteiger partial charge is 0.267 e. The fourth-order valence-corrected chi connectivity index (χ4v) is 2.74. The number of aromatic nitrogens is 4. The highest BCUT2D eigenvalue weighted by Crippen LogP contribution is 2.26. The average molecular weight is 274 g/mol. The number of para-hydroxylation sites is 1. The maximum absolute atomic E-state index is 5.29. The van der Waals surface area contributed by atoms with Crippen LogP contribution >= 0.6 is 23.6 Å². The maximum atomic E-state index is 5.29. The SMILES string of the molecule is Cc1ncc(-c2n[nH]c(=S)n2-c2ccccc2)s1. The van der Waals surface area contributed by atoms with Gasteiger partial charge in [-0.1, -0.05) is 18.2 Å². The number of hydrogen-bond acceptors (Lipinski definition) is 4. The summed E-state index contributed by atoms with van der Waals surface area (Å²) in [6.45, 7) is 1.97. The predicted octanol–water partition coefficient (Wildman–Crippen LogP) is 3.36. The van der Waals surface area contributed by atoms with Gasteiger partial charge in [0.15, 0.2) is 10.6 Å². The third-order valence-electron chi connectivity index (χ3n) is 2.53. The third-order valence-corrected chi connectivity index (χ3v) is 3.71. The number of nitrogens with one attached hydrogen (secondary N) is 1. The second-order valence-corrected chi connectivity index (χ2v) is 5.39. The Morgan fingerprint density at radius 3 is 2.72 bits per heavy atom. The van der Waals surface area contributed by atoms with Crippen LogP contribution in [-0.4, -0.2) is 19.7 Å². The molecule has 1 aromatic carbocycles. The molecule has 18 heavy (non-hydrogen) atoms. The van der Waals surface area contributed by atoms with Gasteiger partial charge in [-0.05, 0) is 31.3 Å². The molecule has 90 valence electrons. The van der Waals surface area contributed by atoms with Crippen molar-refractivity contribution in [3.63, 3.8) is 0 Å². The standard InChI is InChI=1S/C12H10N4S2/c1-8-13-7-10(18-8)11-14-15-12(17)16(11)9-5-3-2-4-6-9/h2-7H,1H3,(H,15,17). The van der Waals surface area contributed by atoms with E-state index in [4.69, 9.17) is 12.2 Å². The normalized spacial score (nSPS) is 10.7. The summed E-state index contributed by atoms with van der Waals surface area (Å²) >= 11 is 6.89. The summed E-state index contributed by atoms with van der Waals surface area (Å²) in [7, 11) is 0. The quantitative estimate of drug-likeness (QED) is 0.729.